The van der Waals surface area contributed by atoms with Crippen molar-refractivity contribution >= 4 is 5.70 Å². The Balaban J connectivity index is 3.06. The number of pyridine rings is 1. The monoisotopic (exact) mass is 148 g/mol. The van der Waals surface area contributed by atoms with Gasteiger partial charge in [-0.1, -0.05) is 6.08 Å². The van der Waals surface area contributed by atoms with Gasteiger partial charge in [-0.15, -0.1) is 0 Å². The molecule has 0 radical (unpaired) electrons. The highest BCUT2D eigenvalue weighted by molar-refractivity contribution is 5.58. The van der Waals surface area contributed by atoms with E-state index >= 15 is 0 Å². The van der Waals surface area contributed by atoms with E-state index in [2.05, 4.69) is 4.98 Å². The zero-order valence-electron chi connectivity index (χ0n) is 6.83. The molecule has 58 valence electrons. The van der Waals surface area contributed by atoms with Crippen molar-refractivity contribution in [2.24, 2.45) is 5.73 Å². The summed E-state index contributed by atoms with van der Waals surface area (Å²) in [4.78, 5) is 4.12. The third-order valence-corrected chi connectivity index (χ3v) is 1.52. The summed E-state index contributed by atoms with van der Waals surface area (Å²) in [6.07, 6.45) is 3.61. The number of aromatic nitrogens is 1. The molecule has 0 atom stereocenters. The van der Waals surface area contributed by atoms with Gasteiger partial charge in [0.15, 0.2) is 0 Å². The van der Waals surface area contributed by atoms with Crippen molar-refractivity contribution in [1.29, 1.82) is 0 Å². The predicted octanol–water partition coefficient (Wildman–Crippen LogP) is 1.71. The maximum atomic E-state index is 5.66. The second-order valence-corrected chi connectivity index (χ2v) is 2.46. The van der Waals surface area contributed by atoms with E-state index in [1.807, 2.05) is 32.1 Å². The molecule has 0 aliphatic carbocycles. The summed E-state index contributed by atoms with van der Waals surface area (Å²) in [5.74, 6) is 0. The molecule has 0 aliphatic rings. The fourth-order valence-corrected chi connectivity index (χ4v) is 0.842. The zero-order valence-corrected chi connectivity index (χ0v) is 6.83. The van der Waals surface area contributed by atoms with Crippen molar-refractivity contribution in [3.8, 4) is 0 Å². The maximum Gasteiger partial charge on any atom is 0.0858 e. The van der Waals surface area contributed by atoms with Crippen LogP contribution in [0.25, 0.3) is 5.70 Å². The molecule has 1 aromatic heterocycles. The van der Waals surface area contributed by atoms with Crippen LogP contribution >= 0.6 is 0 Å². The summed E-state index contributed by atoms with van der Waals surface area (Å²) >= 11 is 0. The van der Waals surface area contributed by atoms with Gasteiger partial charge in [0.05, 0.1) is 11.4 Å². The van der Waals surface area contributed by atoms with Crippen LogP contribution in [0.1, 0.15) is 18.2 Å². The van der Waals surface area contributed by atoms with Crippen LogP contribution in [0.4, 0.5) is 0 Å². The van der Waals surface area contributed by atoms with E-state index in [9.17, 15) is 0 Å². The van der Waals surface area contributed by atoms with Crippen molar-refractivity contribution < 1.29 is 0 Å². The van der Waals surface area contributed by atoms with Gasteiger partial charge in [-0.2, -0.15) is 0 Å². The molecular weight excluding hydrogens is 136 g/mol. The van der Waals surface area contributed by atoms with Crippen LogP contribution in [-0.2, 0) is 0 Å². The van der Waals surface area contributed by atoms with Gasteiger partial charge in [-0.25, -0.2) is 0 Å². The number of hydrogen-bond donors (Lipinski definition) is 1. The number of nitrogens with zero attached hydrogens (tertiary/aromatic N) is 1. The van der Waals surface area contributed by atoms with E-state index in [0.717, 1.165) is 11.4 Å². The normalized spacial score (nSPS) is 11.6. The number of hydrogen-bond acceptors (Lipinski definition) is 2. The van der Waals surface area contributed by atoms with Crippen molar-refractivity contribution in [3.05, 3.63) is 35.7 Å². The average molecular weight is 148 g/mol. The van der Waals surface area contributed by atoms with Crippen LogP contribution in [0.2, 0.25) is 0 Å². The van der Waals surface area contributed by atoms with E-state index in [1.54, 1.807) is 6.20 Å². The van der Waals surface area contributed by atoms with Crippen molar-refractivity contribution in [3.63, 3.8) is 0 Å². The topological polar surface area (TPSA) is 38.9 Å². The molecule has 1 rings (SSSR count). The Morgan fingerprint density at radius 1 is 1.64 bits per heavy atom. The Morgan fingerprint density at radius 2 is 2.36 bits per heavy atom. The van der Waals surface area contributed by atoms with Crippen LogP contribution in [0.3, 0.4) is 0 Å². The summed E-state index contributed by atoms with van der Waals surface area (Å²) in [7, 11) is 0. The smallest absolute Gasteiger partial charge is 0.0858 e. The van der Waals surface area contributed by atoms with Crippen LogP contribution in [0.15, 0.2) is 24.4 Å². The van der Waals surface area contributed by atoms with Gasteiger partial charge in [-0.3, -0.25) is 4.98 Å². The summed E-state index contributed by atoms with van der Waals surface area (Å²) in [5, 5.41) is 0. The third-order valence-electron chi connectivity index (χ3n) is 1.52. The summed E-state index contributed by atoms with van der Waals surface area (Å²) < 4.78 is 0. The first kappa shape index (κ1) is 7.79. The molecule has 0 saturated heterocycles. The largest absolute Gasteiger partial charge is 0.397 e. The first-order valence-electron chi connectivity index (χ1n) is 3.59. The highest BCUT2D eigenvalue weighted by Gasteiger charge is 1.94. The van der Waals surface area contributed by atoms with E-state index in [-0.39, 0.29) is 0 Å². The number of nitrogens with two attached hydrogens (primary N) is 1. The minimum Gasteiger partial charge on any atom is -0.397 e. The van der Waals surface area contributed by atoms with E-state index in [0.29, 0.717) is 0 Å². The molecule has 2 nitrogen and oxygen atoms in total. The predicted molar refractivity (Wildman–Crippen MR) is 46.8 cm³/mol. The van der Waals surface area contributed by atoms with Gasteiger partial charge < -0.3 is 5.73 Å². The Kier molecular flexibility index (Phi) is 2.26. The van der Waals surface area contributed by atoms with Crippen LogP contribution in [0, 0.1) is 6.92 Å². The quantitative estimate of drug-likeness (QED) is 0.658. The molecule has 2 N–H and O–H groups in total. The van der Waals surface area contributed by atoms with Gasteiger partial charge in [0.25, 0.3) is 0 Å². The molecule has 1 aromatic rings. The molecule has 0 aliphatic heterocycles. The number of aryl methyl sites for hydroxylation is 1. The van der Waals surface area contributed by atoms with E-state index in [1.165, 1.54) is 5.56 Å². The Bertz CT molecular complexity index is 277. The lowest BCUT2D eigenvalue weighted by Crippen LogP contribution is -1.98. The van der Waals surface area contributed by atoms with Gasteiger partial charge in [0, 0.05) is 6.20 Å². The first-order chi connectivity index (χ1) is 5.24. The SMILES string of the molecule is C/C=C(\N)c1cc(C)ccn1. The molecule has 1 heterocycles. The van der Waals surface area contributed by atoms with Crippen LogP contribution in [-0.4, -0.2) is 4.98 Å². The molecule has 11 heavy (non-hydrogen) atoms. The molecule has 0 saturated carbocycles. The second-order valence-electron chi connectivity index (χ2n) is 2.46. The van der Waals surface area contributed by atoms with Crippen molar-refractivity contribution in [2.45, 2.75) is 13.8 Å². The fraction of sp³-hybridized carbons (Fsp3) is 0.222. The minimum atomic E-state index is 0.730. The van der Waals surface area contributed by atoms with Gasteiger partial charge in [0.1, 0.15) is 0 Å². The highest BCUT2D eigenvalue weighted by Crippen LogP contribution is 2.06. The molecule has 0 bridgehead atoms. The molecular formula is C9H12N2. The lowest BCUT2D eigenvalue weighted by atomic mass is 10.2. The number of rotatable bonds is 1. The average Bonchev–Trinajstić information content (AvgIpc) is 2.03. The van der Waals surface area contributed by atoms with E-state index < -0.39 is 0 Å². The molecule has 0 fully saturated rings. The van der Waals surface area contributed by atoms with Crippen LogP contribution < -0.4 is 5.73 Å². The summed E-state index contributed by atoms with van der Waals surface area (Å²) in [6.45, 7) is 3.92. The fourth-order valence-electron chi connectivity index (χ4n) is 0.842. The highest BCUT2D eigenvalue weighted by atomic mass is 14.7. The standard InChI is InChI=1S/C9H12N2/c1-3-8(10)9-6-7(2)4-5-11-9/h3-6H,10H2,1-2H3/b8-3-. The zero-order chi connectivity index (χ0) is 8.27. The van der Waals surface area contributed by atoms with Gasteiger partial charge in [-0.05, 0) is 31.5 Å². The van der Waals surface area contributed by atoms with E-state index in [4.69, 9.17) is 5.73 Å². The lowest BCUT2D eigenvalue weighted by Gasteiger charge is -1.99. The second kappa shape index (κ2) is 3.19. The first-order valence-corrected chi connectivity index (χ1v) is 3.59. The summed E-state index contributed by atoms with van der Waals surface area (Å²) in [6, 6.07) is 3.92. The Morgan fingerprint density at radius 3 is 2.91 bits per heavy atom. The molecule has 0 aromatic carbocycles. The summed E-state index contributed by atoms with van der Waals surface area (Å²) in [5.41, 5.74) is 8.43. The molecule has 0 spiro atoms. The molecule has 2 heteroatoms. The molecule has 0 unspecified atom stereocenters. The van der Waals surface area contributed by atoms with Crippen molar-refractivity contribution in [1.82, 2.24) is 4.98 Å². The van der Waals surface area contributed by atoms with Crippen molar-refractivity contribution in [2.75, 3.05) is 0 Å². The molecule has 0 amide bonds. The third kappa shape index (κ3) is 1.80. The maximum absolute atomic E-state index is 5.66. The lowest BCUT2D eigenvalue weighted by molar-refractivity contribution is 1.22. The van der Waals surface area contributed by atoms with Gasteiger partial charge in [0.2, 0.25) is 0 Å². The Labute approximate surface area is 66.8 Å². The number of allylic oxidation sites excluding steroid dienone is 1. The van der Waals surface area contributed by atoms with Crippen LogP contribution in [0.5, 0.6) is 0 Å². The minimum absolute atomic E-state index is 0.730. The Hall–Kier alpha value is -1.31. The van der Waals surface area contributed by atoms with Gasteiger partial charge >= 0.3 is 0 Å².